The van der Waals surface area contributed by atoms with Crippen molar-refractivity contribution in [3.63, 3.8) is 0 Å². The molecule has 0 amide bonds. The number of allylic oxidation sites excluding steroid dienone is 1. The summed E-state index contributed by atoms with van der Waals surface area (Å²) in [6, 6.07) is -3.10. The molecule has 0 fully saturated rings. The van der Waals surface area contributed by atoms with Crippen LogP contribution in [-0.2, 0) is 37.1 Å². The lowest BCUT2D eigenvalue weighted by Gasteiger charge is -2.22. The topological polar surface area (TPSA) is 37.3 Å². The van der Waals surface area contributed by atoms with Crippen molar-refractivity contribution in [3.05, 3.63) is 74.8 Å². The molecule has 0 atom stereocenters. The van der Waals surface area contributed by atoms with E-state index in [1.54, 1.807) is 0 Å². The molecule has 20 heteroatoms. The number of alkyl halides is 18. The number of benzene rings is 2. The number of carbonyl (C=O) groups is 1. The lowest BCUT2D eigenvalue weighted by Crippen LogP contribution is -2.24. The van der Waals surface area contributed by atoms with Gasteiger partial charge in [-0.3, -0.25) is 4.79 Å². The zero-order valence-electron chi connectivity index (χ0n) is 18.5. The second-order valence-electron chi connectivity index (χ2n) is 7.77. The van der Waals surface area contributed by atoms with Gasteiger partial charge in [0.05, 0.1) is 33.4 Å². The van der Waals surface area contributed by atoms with E-state index in [9.17, 15) is 88.9 Å². The second kappa shape index (κ2) is 10.0. The van der Waals surface area contributed by atoms with E-state index in [1.807, 2.05) is 0 Å². The summed E-state index contributed by atoms with van der Waals surface area (Å²) in [5, 5.41) is 9.87. The van der Waals surface area contributed by atoms with Crippen LogP contribution in [0.1, 0.15) is 49.3 Å². The Labute approximate surface area is 213 Å². The van der Waals surface area contributed by atoms with Crippen molar-refractivity contribution in [1.29, 1.82) is 0 Å². The second-order valence-corrected chi connectivity index (χ2v) is 7.77. The largest absolute Gasteiger partial charge is 0.507 e. The molecule has 2 aromatic carbocycles. The van der Waals surface area contributed by atoms with E-state index in [0.717, 1.165) is 0 Å². The number of ketones is 1. The molecule has 0 aliphatic carbocycles. The highest BCUT2D eigenvalue weighted by Gasteiger charge is 2.52. The van der Waals surface area contributed by atoms with Gasteiger partial charge in [0.25, 0.3) is 0 Å². The maximum Gasteiger partial charge on any atom is 0.417 e. The summed E-state index contributed by atoms with van der Waals surface area (Å²) in [6.45, 7) is 0. The summed E-state index contributed by atoms with van der Waals surface area (Å²) in [5.74, 6) is -4.46. The van der Waals surface area contributed by atoms with Crippen LogP contribution < -0.4 is 0 Å². The van der Waals surface area contributed by atoms with Crippen molar-refractivity contribution >= 4 is 11.5 Å². The first kappa shape index (κ1) is 33.6. The number of rotatable bonds is 3. The van der Waals surface area contributed by atoms with Gasteiger partial charge in [-0.25, -0.2) is 0 Å². The molecule has 41 heavy (non-hydrogen) atoms. The Morgan fingerprint density at radius 3 is 0.927 bits per heavy atom. The van der Waals surface area contributed by atoms with Crippen LogP contribution in [0.25, 0.3) is 5.76 Å². The summed E-state index contributed by atoms with van der Waals surface area (Å²) in [5.41, 5.74) is -22.7. The average Bonchev–Trinajstić information content (AvgIpc) is 2.73. The van der Waals surface area contributed by atoms with E-state index in [1.165, 1.54) is 0 Å². The first-order valence-corrected chi connectivity index (χ1v) is 9.72. The average molecular weight is 632 g/mol. The van der Waals surface area contributed by atoms with Crippen LogP contribution >= 0.6 is 0 Å². The number of halogens is 18. The quantitative estimate of drug-likeness (QED) is 0.159. The first-order chi connectivity index (χ1) is 18.0. The van der Waals surface area contributed by atoms with Crippen LogP contribution in [0.3, 0.4) is 0 Å². The smallest absolute Gasteiger partial charge is 0.417 e. The third-order valence-corrected chi connectivity index (χ3v) is 4.91. The van der Waals surface area contributed by atoms with Gasteiger partial charge >= 0.3 is 37.1 Å². The van der Waals surface area contributed by atoms with Crippen LogP contribution in [-0.4, -0.2) is 10.9 Å². The van der Waals surface area contributed by atoms with E-state index in [0.29, 0.717) is 0 Å². The Hall–Kier alpha value is -3.61. The number of aliphatic hydroxyl groups is 1. The zero-order chi connectivity index (χ0) is 32.3. The first-order valence-electron chi connectivity index (χ1n) is 9.72. The molecule has 0 aromatic heterocycles. The molecule has 0 heterocycles. The standard InChI is InChI=1S/C21H6F18O2/c22-16(23,24)8-1-6(2-9(17(25,26)27)14(8)20(34,35)36)12(40)5-13(41)7-3-10(18(28,29)30)15(21(37,38)39)11(4-7)19(31,32)33/h1-5,40H/b12-5-. The number of hydrogen-bond donors (Lipinski definition) is 1. The number of aliphatic hydroxyl groups excluding tert-OH is 1. The van der Waals surface area contributed by atoms with E-state index >= 15 is 0 Å². The molecular formula is C21H6F18O2. The number of hydrogen-bond acceptors (Lipinski definition) is 2. The summed E-state index contributed by atoms with van der Waals surface area (Å²) in [4.78, 5) is 12.3. The van der Waals surface area contributed by atoms with Gasteiger partial charge in [0.15, 0.2) is 5.78 Å². The molecule has 0 aliphatic heterocycles. The monoisotopic (exact) mass is 632 g/mol. The Kier molecular flexibility index (Phi) is 8.22. The molecular weight excluding hydrogens is 626 g/mol. The van der Waals surface area contributed by atoms with Crippen molar-refractivity contribution in [2.75, 3.05) is 0 Å². The van der Waals surface area contributed by atoms with E-state index in [-0.39, 0.29) is 0 Å². The molecule has 0 bridgehead atoms. The van der Waals surface area contributed by atoms with Crippen molar-refractivity contribution < 1.29 is 88.9 Å². The molecule has 0 aliphatic rings. The van der Waals surface area contributed by atoms with E-state index < -0.39 is 123 Å². The van der Waals surface area contributed by atoms with Crippen LogP contribution in [0.2, 0.25) is 0 Å². The van der Waals surface area contributed by atoms with Gasteiger partial charge in [-0.2, -0.15) is 79.0 Å². The highest BCUT2D eigenvalue weighted by Crippen LogP contribution is 2.49. The van der Waals surface area contributed by atoms with Crippen LogP contribution in [0.4, 0.5) is 79.0 Å². The van der Waals surface area contributed by atoms with Crippen molar-refractivity contribution in [2.24, 2.45) is 0 Å². The highest BCUT2D eigenvalue weighted by atomic mass is 19.4. The molecule has 0 saturated heterocycles. The van der Waals surface area contributed by atoms with Crippen molar-refractivity contribution in [2.45, 2.75) is 37.1 Å². The minimum Gasteiger partial charge on any atom is -0.507 e. The maximum absolute atomic E-state index is 13.2. The maximum atomic E-state index is 13.2. The van der Waals surface area contributed by atoms with Gasteiger partial charge in [-0.15, -0.1) is 0 Å². The minimum atomic E-state index is -6.32. The van der Waals surface area contributed by atoms with Crippen LogP contribution in [0.15, 0.2) is 30.3 Å². The van der Waals surface area contributed by atoms with Gasteiger partial charge in [0.1, 0.15) is 5.76 Å². The highest BCUT2D eigenvalue weighted by molar-refractivity contribution is 6.08. The van der Waals surface area contributed by atoms with Gasteiger partial charge < -0.3 is 5.11 Å². The molecule has 0 saturated carbocycles. The molecule has 0 spiro atoms. The predicted octanol–water partition coefficient (Wildman–Crippen LogP) is 9.58. The van der Waals surface area contributed by atoms with Crippen molar-refractivity contribution in [3.8, 4) is 0 Å². The number of carbonyl (C=O) groups excluding carboxylic acids is 1. The Morgan fingerprint density at radius 1 is 0.463 bits per heavy atom. The predicted molar refractivity (Wildman–Crippen MR) is 97.8 cm³/mol. The summed E-state index contributed by atoms with van der Waals surface area (Å²) < 4.78 is 237. The molecule has 228 valence electrons. The van der Waals surface area contributed by atoms with Gasteiger partial charge in [0, 0.05) is 17.2 Å². The molecule has 1 N–H and O–H groups in total. The zero-order valence-corrected chi connectivity index (χ0v) is 18.5. The summed E-state index contributed by atoms with van der Waals surface area (Å²) >= 11 is 0. The van der Waals surface area contributed by atoms with Crippen LogP contribution in [0, 0.1) is 0 Å². The Bertz CT molecular complexity index is 1290. The minimum absolute atomic E-state index is 0.605. The SMILES string of the molecule is O=C(/C=C(\O)c1cc(C(F)(F)F)c(C(F)(F)F)c(C(F)(F)F)c1)c1cc(C(F)(F)F)c(C(F)(F)F)c(C(F)(F)F)c1. The van der Waals surface area contributed by atoms with Crippen molar-refractivity contribution in [1.82, 2.24) is 0 Å². The molecule has 0 radical (unpaired) electrons. The molecule has 0 unspecified atom stereocenters. The summed E-state index contributed by atoms with van der Waals surface area (Å²) in [7, 11) is 0. The normalized spacial score (nSPS) is 14.4. The van der Waals surface area contributed by atoms with E-state index in [4.69, 9.17) is 0 Å². The lowest BCUT2D eigenvalue weighted by molar-refractivity contribution is -0.174. The fourth-order valence-corrected chi connectivity index (χ4v) is 3.37. The van der Waals surface area contributed by atoms with Gasteiger partial charge in [-0.1, -0.05) is 0 Å². The lowest BCUT2D eigenvalue weighted by atomic mass is 9.93. The fraction of sp³-hybridized carbons (Fsp3) is 0.286. The van der Waals surface area contributed by atoms with Gasteiger partial charge in [-0.05, 0) is 24.3 Å². The Morgan fingerprint density at radius 2 is 0.707 bits per heavy atom. The van der Waals surface area contributed by atoms with E-state index in [2.05, 4.69) is 0 Å². The van der Waals surface area contributed by atoms with Gasteiger partial charge in [0.2, 0.25) is 0 Å². The molecule has 2 nitrogen and oxygen atoms in total. The third-order valence-electron chi connectivity index (χ3n) is 4.91. The summed E-state index contributed by atoms with van der Waals surface area (Å²) in [6.07, 6.45) is -38.1. The van der Waals surface area contributed by atoms with Crippen LogP contribution in [0.5, 0.6) is 0 Å². The molecule has 2 rings (SSSR count). The third kappa shape index (κ3) is 7.38. The fourth-order valence-electron chi connectivity index (χ4n) is 3.37. The Balaban J connectivity index is 2.90. The molecule has 2 aromatic rings.